The number of allylic oxidation sites excluding steroid dienone is 4. The second-order valence-corrected chi connectivity index (χ2v) is 8.84. The van der Waals surface area contributed by atoms with Crippen molar-refractivity contribution in [3.8, 4) is 11.1 Å². The van der Waals surface area contributed by atoms with Crippen LogP contribution in [0.4, 0.5) is 5.69 Å². The van der Waals surface area contributed by atoms with Crippen molar-refractivity contribution in [3.05, 3.63) is 91.1 Å². The standard InChI is InChI=1S/C29H37N3/c1-7-9-10-16-31(6)29-15-14-24(17-25(29)11-8-2)27-18-28(20-30-19-27)26-13-12-23(5)32(21-26)22(3)4/h8,12-15,17-22H,2,5,7,9-11,16H2,1,3-4,6H3. The molecule has 0 N–H and O–H groups in total. The van der Waals surface area contributed by atoms with Gasteiger partial charge >= 0.3 is 0 Å². The van der Waals surface area contributed by atoms with Gasteiger partial charge in [0.2, 0.25) is 0 Å². The van der Waals surface area contributed by atoms with Gasteiger partial charge in [0.05, 0.1) is 0 Å². The molecule has 0 unspecified atom stereocenters. The molecule has 1 aromatic heterocycles. The molecular weight excluding hydrogens is 390 g/mol. The van der Waals surface area contributed by atoms with Crippen molar-refractivity contribution in [2.45, 2.75) is 52.5 Å². The van der Waals surface area contributed by atoms with Crippen molar-refractivity contribution < 1.29 is 0 Å². The van der Waals surface area contributed by atoms with Gasteiger partial charge in [-0.2, -0.15) is 0 Å². The van der Waals surface area contributed by atoms with E-state index in [-0.39, 0.29) is 0 Å². The van der Waals surface area contributed by atoms with E-state index in [4.69, 9.17) is 0 Å². The molecular formula is C29H37N3. The Labute approximate surface area is 194 Å². The molecule has 0 radical (unpaired) electrons. The molecule has 1 aromatic carbocycles. The molecule has 3 heteroatoms. The highest BCUT2D eigenvalue weighted by Gasteiger charge is 2.14. The average Bonchev–Trinajstić information content (AvgIpc) is 2.79. The first-order valence-corrected chi connectivity index (χ1v) is 11.7. The molecule has 0 aliphatic carbocycles. The summed E-state index contributed by atoms with van der Waals surface area (Å²) in [5.74, 6) is 0. The van der Waals surface area contributed by atoms with Crippen LogP contribution in [-0.4, -0.2) is 29.5 Å². The summed E-state index contributed by atoms with van der Waals surface area (Å²) in [4.78, 5) is 9.14. The highest BCUT2D eigenvalue weighted by Crippen LogP contribution is 2.31. The molecule has 0 bridgehead atoms. The number of benzene rings is 1. The van der Waals surface area contributed by atoms with Crippen LogP contribution in [0.25, 0.3) is 16.7 Å². The normalized spacial score (nSPS) is 13.5. The first kappa shape index (κ1) is 23.6. The summed E-state index contributed by atoms with van der Waals surface area (Å²) in [5, 5.41) is 0. The highest BCUT2D eigenvalue weighted by atomic mass is 15.1. The van der Waals surface area contributed by atoms with E-state index >= 15 is 0 Å². The molecule has 0 fully saturated rings. The molecule has 168 valence electrons. The van der Waals surface area contributed by atoms with Gasteiger partial charge in [-0.15, -0.1) is 6.58 Å². The van der Waals surface area contributed by atoms with Gasteiger partial charge in [0.25, 0.3) is 0 Å². The highest BCUT2D eigenvalue weighted by molar-refractivity contribution is 5.79. The van der Waals surface area contributed by atoms with E-state index in [2.05, 4.69) is 98.4 Å². The number of nitrogens with zero attached hydrogens (tertiary/aromatic N) is 3. The van der Waals surface area contributed by atoms with Crippen LogP contribution in [-0.2, 0) is 6.42 Å². The summed E-state index contributed by atoms with van der Waals surface area (Å²) in [6.45, 7) is 15.8. The first-order chi connectivity index (χ1) is 15.4. The molecule has 2 aromatic rings. The van der Waals surface area contributed by atoms with Crippen molar-refractivity contribution in [3.63, 3.8) is 0 Å². The minimum Gasteiger partial charge on any atom is -0.374 e. The predicted octanol–water partition coefficient (Wildman–Crippen LogP) is 7.24. The quantitative estimate of drug-likeness (QED) is 0.294. The monoisotopic (exact) mass is 427 g/mol. The fourth-order valence-corrected chi connectivity index (χ4v) is 4.13. The summed E-state index contributed by atoms with van der Waals surface area (Å²) in [6, 6.07) is 9.35. The smallest absolute Gasteiger partial charge is 0.0399 e. The lowest BCUT2D eigenvalue weighted by atomic mass is 9.97. The van der Waals surface area contributed by atoms with Crippen molar-refractivity contribution in [2.24, 2.45) is 0 Å². The summed E-state index contributed by atoms with van der Waals surface area (Å²) in [5.41, 5.74) is 8.19. The van der Waals surface area contributed by atoms with Crippen LogP contribution < -0.4 is 4.90 Å². The van der Waals surface area contributed by atoms with Crippen LogP contribution in [0.3, 0.4) is 0 Å². The Bertz CT molecular complexity index is 1010. The van der Waals surface area contributed by atoms with Gasteiger partial charge in [0, 0.05) is 60.7 Å². The van der Waals surface area contributed by atoms with E-state index in [1.54, 1.807) is 0 Å². The van der Waals surface area contributed by atoms with E-state index in [0.717, 1.165) is 35.4 Å². The van der Waals surface area contributed by atoms with Gasteiger partial charge in [-0.25, -0.2) is 0 Å². The third-order valence-electron chi connectivity index (χ3n) is 5.98. The Morgan fingerprint density at radius 2 is 1.84 bits per heavy atom. The molecule has 32 heavy (non-hydrogen) atoms. The zero-order valence-corrected chi connectivity index (χ0v) is 20.1. The van der Waals surface area contributed by atoms with E-state index in [9.17, 15) is 0 Å². The topological polar surface area (TPSA) is 19.4 Å². The molecule has 0 amide bonds. The molecule has 1 aliphatic heterocycles. The third-order valence-corrected chi connectivity index (χ3v) is 5.98. The van der Waals surface area contributed by atoms with Gasteiger partial charge in [0.1, 0.15) is 0 Å². The minimum atomic E-state index is 0.363. The molecule has 0 saturated heterocycles. The Balaban J connectivity index is 1.91. The van der Waals surface area contributed by atoms with E-state index in [0.29, 0.717) is 6.04 Å². The molecule has 0 spiro atoms. The van der Waals surface area contributed by atoms with Gasteiger partial charge < -0.3 is 9.80 Å². The predicted molar refractivity (Wildman–Crippen MR) is 140 cm³/mol. The van der Waals surface area contributed by atoms with Crippen molar-refractivity contribution >= 4 is 11.3 Å². The Morgan fingerprint density at radius 3 is 2.56 bits per heavy atom. The molecule has 3 rings (SSSR count). The minimum absolute atomic E-state index is 0.363. The number of unbranched alkanes of at least 4 members (excludes halogenated alkanes) is 2. The fourth-order valence-electron chi connectivity index (χ4n) is 4.13. The van der Waals surface area contributed by atoms with Gasteiger partial charge in [-0.05, 0) is 67.7 Å². The molecule has 0 saturated carbocycles. The fraction of sp³-hybridized carbons (Fsp3) is 0.345. The number of rotatable bonds is 10. The lowest BCUT2D eigenvalue weighted by molar-refractivity contribution is 0.396. The lowest BCUT2D eigenvalue weighted by Gasteiger charge is -2.29. The van der Waals surface area contributed by atoms with Crippen LogP contribution in [0.2, 0.25) is 0 Å². The Hall–Kier alpha value is -3.07. The van der Waals surface area contributed by atoms with Gasteiger partial charge in [-0.3, -0.25) is 4.98 Å². The first-order valence-electron chi connectivity index (χ1n) is 11.7. The van der Waals surface area contributed by atoms with Crippen molar-refractivity contribution in [1.29, 1.82) is 0 Å². The van der Waals surface area contributed by atoms with Crippen molar-refractivity contribution in [1.82, 2.24) is 9.88 Å². The molecule has 2 heterocycles. The largest absolute Gasteiger partial charge is 0.374 e. The molecule has 3 nitrogen and oxygen atoms in total. The number of aromatic nitrogens is 1. The van der Waals surface area contributed by atoms with E-state index in [1.807, 2.05) is 18.5 Å². The summed E-state index contributed by atoms with van der Waals surface area (Å²) < 4.78 is 0. The maximum atomic E-state index is 4.56. The third kappa shape index (κ3) is 5.59. The zero-order chi connectivity index (χ0) is 23.1. The second-order valence-electron chi connectivity index (χ2n) is 8.84. The molecule has 0 atom stereocenters. The van der Waals surface area contributed by atoms with E-state index in [1.165, 1.54) is 36.1 Å². The SMILES string of the molecule is C=CCc1cc(-c2cncc(C3=CN(C(C)C)C(=C)C=C3)c2)ccc1N(C)CCCCC. The number of hydrogen-bond donors (Lipinski definition) is 0. The maximum absolute atomic E-state index is 4.56. The maximum Gasteiger partial charge on any atom is 0.0399 e. The van der Waals surface area contributed by atoms with E-state index < -0.39 is 0 Å². The summed E-state index contributed by atoms with van der Waals surface area (Å²) in [6.07, 6.45) is 16.8. The van der Waals surface area contributed by atoms with Crippen LogP contribution in [0.5, 0.6) is 0 Å². The van der Waals surface area contributed by atoms with Crippen LogP contribution in [0.1, 0.15) is 51.2 Å². The van der Waals surface area contributed by atoms with Gasteiger partial charge in [-0.1, -0.05) is 44.6 Å². The zero-order valence-electron chi connectivity index (χ0n) is 20.1. The van der Waals surface area contributed by atoms with Crippen LogP contribution in [0, 0.1) is 0 Å². The van der Waals surface area contributed by atoms with Gasteiger partial charge in [0.15, 0.2) is 0 Å². The average molecular weight is 428 g/mol. The molecule has 1 aliphatic rings. The Kier molecular flexibility index (Phi) is 8.10. The summed E-state index contributed by atoms with van der Waals surface area (Å²) in [7, 11) is 2.19. The van der Waals surface area contributed by atoms with Crippen LogP contribution in [0.15, 0.2) is 79.9 Å². The number of hydrogen-bond acceptors (Lipinski definition) is 3. The van der Waals surface area contributed by atoms with Crippen molar-refractivity contribution in [2.75, 3.05) is 18.5 Å². The second kappa shape index (κ2) is 11.0. The number of anilines is 1. The van der Waals surface area contributed by atoms with Crippen LogP contribution >= 0.6 is 0 Å². The lowest BCUT2D eigenvalue weighted by Crippen LogP contribution is -2.25. The number of pyridine rings is 1. The Morgan fingerprint density at radius 1 is 1.06 bits per heavy atom. The summed E-state index contributed by atoms with van der Waals surface area (Å²) >= 11 is 0.